The Morgan fingerprint density at radius 3 is 2.71 bits per heavy atom. The molecule has 1 N–H and O–H groups in total. The molecule has 0 radical (unpaired) electrons. The number of rotatable bonds is 4. The predicted molar refractivity (Wildman–Crippen MR) is 58.3 cm³/mol. The molecule has 1 rings (SSSR count). The van der Waals surface area contributed by atoms with E-state index in [0.29, 0.717) is 28.8 Å². The van der Waals surface area contributed by atoms with E-state index in [9.17, 15) is 0 Å². The first-order chi connectivity index (χ1) is 6.59. The minimum Gasteiger partial charge on any atom is -0.492 e. The summed E-state index contributed by atoms with van der Waals surface area (Å²) in [6.45, 7) is 2.16. The first kappa shape index (κ1) is 11.6. The van der Waals surface area contributed by atoms with Gasteiger partial charge in [-0.3, -0.25) is 0 Å². The Labute approximate surface area is 93.4 Å². The highest BCUT2D eigenvalue weighted by atomic mass is 35.5. The second kappa shape index (κ2) is 5.44. The third-order valence-corrected chi connectivity index (χ3v) is 2.22. The van der Waals surface area contributed by atoms with Gasteiger partial charge in [-0.2, -0.15) is 0 Å². The lowest BCUT2D eigenvalue weighted by molar-refractivity contribution is 0.155. The molecule has 0 fully saturated rings. The molecule has 0 saturated heterocycles. The van der Waals surface area contributed by atoms with Crippen LogP contribution in [0.5, 0.6) is 5.75 Å². The maximum absolute atomic E-state index is 9.01. The lowest BCUT2D eigenvalue weighted by Gasteiger charge is -2.09. The third-order valence-electron chi connectivity index (χ3n) is 1.69. The van der Waals surface area contributed by atoms with E-state index in [1.54, 1.807) is 25.1 Å². The Hall–Kier alpha value is -0.440. The molecule has 1 aromatic rings. The van der Waals surface area contributed by atoms with Gasteiger partial charge in [-0.05, 0) is 25.1 Å². The number of aliphatic hydroxyl groups is 1. The standard InChI is InChI=1S/C10H12Cl2O2/c1-7(13)4-5-14-10-3-2-8(11)6-9(10)12/h2-3,6-7,13H,4-5H2,1H3. The lowest BCUT2D eigenvalue weighted by atomic mass is 10.3. The summed E-state index contributed by atoms with van der Waals surface area (Å²) in [6, 6.07) is 5.05. The van der Waals surface area contributed by atoms with Gasteiger partial charge in [0, 0.05) is 11.4 Å². The fourth-order valence-corrected chi connectivity index (χ4v) is 1.39. The topological polar surface area (TPSA) is 29.5 Å². The number of hydrogen-bond donors (Lipinski definition) is 1. The molecule has 0 aliphatic carbocycles. The van der Waals surface area contributed by atoms with Gasteiger partial charge in [-0.25, -0.2) is 0 Å². The first-order valence-corrected chi connectivity index (χ1v) is 5.11. The van der Waals surface area contributed by atoms with Crippen LogP contribution in [0.2, 0.25) is 10.0 Å². The van der Waals surface area contributed by atoms with Gasteiger partial charge in [-0.1, -0.05) is 23.2 Å². The third kappa shape index (κ3) is 3.74. The largest absolute Gasteiger partial charge is 0.492 e. The van der Waals surface area contributed by atoms with Crippen molar-refractivity contribution in [2.75, 3.05) is 6.61 Å². The van der Waals surface area contributed by atoms with Crippen LogP contribution >= 0.6 is 23.2 Å². The van der Waals surface area contributed by atoms with Crippen molar-refractivity contribution in [1.29, 1.82) is 0 Å². The minimum absolute atomic E-state index is 0.360. The molecule has 0 heterocycles. The van der Waals surface area contributed by atoms with Gasteiger partial charge in [0.2, 0.25) is 0 Å². The zero-order valence-electron chi connectivity index (χ0n) is 7.84. The second-order valence-electron chi connectivity index (χ2n) is 3.06. The van der Waals surface area contributed by atoms with Gasteiger partial charge in [0.1, 0.15) is 5.75 Å². The smallest absolute Gasteiger partial charge is 0.137 e. The second-order valence-corrected chi connectivity index (χ2v) is 3.90. The molecule has 0 saturated carbocycles. The normalized spacial score (nSPS) is 12.6. The summed E-state index contributed by atoms with van der Waals surface area (Å²) in [4.78, 5) is 0. The van der Waals surface area contributed by atoms with Gasteiger partial charge in [-0.15, -0.1) is 0 Å². The van der Waals surface area contributed by atoms with Gasteiger partial charge < -0.3 is 9.84 Å². The van der Waals surface area contributed by atoms with Crippen LogP contribution in [0, 0.1) is 0 Å². The van der Waals surface area contributed by atoms with Crippen molar-refractivity contribution < 1.29 is 9.84 Å². The lowest BCUT2D eigenvalue weighted by Crippen LogP contribution is -2.07. The number of aliphatic hydroxyl groups excluding tert-OH is 1. The fraction of sp³-hybridized carbons (Fsp3) is 0.400. The molecular formula is C10H12Cl2O2. The Bertz CT molecular complexity index is 300. The van der Waals surface area contributed by atoms with Crippen LogP contribution in [0.15, 0.2) is 18.2 Å². The van der Waals surface area contributed by atoms with Crippen molar-refractivity contribution in [3.8, 4) is 5.75 Å². The van der Waals surface area contributed by atoms with Crippen LogP contribution in [-0.4, -0.2) is 17.8 Å². The highest BCUT2D eigenvalue weighted by Gasteiger charge is 2.02. The first-order valence-electron chi connectivity index (χ1n) is 4.35. The zero-order valence-corrected chi connectivity index (χ0v) is 9.35. The van der Waals surface area contributed by atoms with E-state index in [1.165, 1.54) is 0 Å². The summed E-state index contributed by atoms with van der Waals surface area (Å²) in [5.74, 6) is 0.594. The van der Waals surface area contributed by atoms with Crippen molar-refractivity contribution >= 4 is 23.2 Å². The monoisotopic (exact) mass is 234 g/mol. The van der Waals surface area contributed by atoms with Crippen LogP contribution in [-0.2, 0) is 0 Å². The summed E-state index contributed by atoms with van der Waals surface area (Å²) < 4.78 is 5.35. The molecule has 0 aromatic heterocycles. The molecule has 0 spiro atoms. The van der Waals surface area contributed by atoms with E-state index < -0.39 is 0 Å². The number of halogens is 2. The Balaban J connectivity index is 2.51. The zero-order chi connectivity index (χ0) is 10.6. The summed E-state index contributed by atoms with van der Waals surface area (Å²) in [5, 5.41) is 10.1. The molecule has 0 aliphatic rings. The van der Waals surface area contributed by atoms with Crippen molar-refractivity contribution in [3.63, 3.8) is 0 Å². The van der Waals surface area contributed by atoms with E-state index in [0.717, 1.165) is 0 Å². The van der Waals surface area contributed by atoms with Gasteiger partial charge in [0.15, 0.2) is 0 Å². The Morgan fingerprint density at radius 2 is 2.14 bits per heavy atom. The molecule has 78 valence electrons. The molecule has 14 heavy (non-hydrogen) atoms. The Kier molecular flexibility index (Phi) is 4.52. The van der Waals surface area contributed by atoms with Gasteiger partial charge in [0.05, 0.1) is 17.7 Å². The number of hydrogen-bond acceptors (Lipinski definition) is 2. The summed E-state index contributed by atoms with van der Waals surface area (Å²) in [6.07, 6.45) is 0.222. The SMILES string of the molecule is CC(O)CCOc1ccc(Cl)cc1Cl. The molecule has 1 aromatic carbocycles. The van der Waals surface area contributed by atoms with Gasteiger partial charge in [0.25, 0.3) is 0 Å². The highest BCUT2D eigenvalue weighted by Crippen LogP contribution is 2.27. The van der Waals surface area contributed by atoms with Crippen LogP contribution in [0.3, 0.4) is 0 Å². The van der Waals surface area contributed by atoms with E-state index in [-0.39, 0.29) is 6.10 Å². The maximum Gasteiger partial charge on any atom is 0.137 e. The van der Waals surface area contributed by atoms with Crippen LogP contribution < -0.4 is 4.74 Å². The number of benzene rings is 1. The molecule has 1 unspecified atom stereocenters. The molecule has 4 heteroatoms. The fourth-order valence-electron chi connectivity index (χ4n) is 0.932. The van der Waals surface area contributed by atoms with E-state index in [2.05, 4.69) is 0 Å². The molecule has 2 nitrogen and oxygen atoms in total. The van der Waals surface area contributed by atoms with Crippen LogP contribution in [0.4, 0.5) is 0 Å². The summed E-state index contributed by atoms with van der Waals surface area (Å²) in [5.41, 5.74) is 0. The molecule has 0 amide bonds. The van der Waals surface area contributed by atoms with E-state index in [1.807, 2.05) is 0 Å². The molecule has 1 atom stereocenters. The van der Waals surface area contributed by atoms with Crippen LogP contribution in [0.25, 0.3) is 0 Å². The summed E-state index contributed by atoms with van der Waals surface area (Å²) in [7, 11) is 0. The summed E-state index contributed by atoms with van der Waals surface area (Å²) >= 11 is 11.6. The van der Waals surface area contributed by atoms with Crippen molar-refractivity contribution in [1.82, 2.24) is 0 Å². The van der Waals surface area contributed by atoms with Crippen LogP contribution in [0.1, 0.15) is 13.3 Å². The maximum atomic E-state index is 9.01. The van der Waals surface area contributed by atoms with Crippen molar-refractivity contribution in [2.24, 2.45) is 0 Å². The van der Waals surface area contributed by atoms with Crippen molar-refractivity contribution in [3.05, 3.63) is 28.2 Å². The van der Waals surface area contributed by atoms with E-state index >= 15 is 0 Å². The molecule has 0 bridgehead atoms. The van der Waals surface area contributed by atoms with Gasteiger partial charge >= 0.3 is 0 Å². The highest BCUT2D eigenvalue weighted by molar-refractivity contribution is 6.35. The number of ether oxygens (including phenoxy) is 1. The van der Waals surface area contributed by atoms with Crippen molar-refractivity contribution in [2.45, 2.75) is 19.4 Å². The average Bonchev–Trinajstić information content (AvgIpc) is 2.08. The average molecular weight is 235 g/mol. The minimum atomic E-state index is -0.360. The predicted octanol–water partition coefficient (Wildman–Crippen LogP) is 3.14. The molecule has 0 aliphatic heterocycles. The quantitative estimate of drug-likeness (QED) is 0.868. The molecular weight excluding hydrogens is 223 g/mol. The Morgan fingerprint density at radius 1 is 1.43 bits per heavy atom. The van der Waals surface area contributed by atoms with E-state index in [4.69, 9.17) is 33.0 Å².